The van der Waals surface area contributed by atoms with Crippen LogP contribution in [0.25, 0.3) is 0 Å². The highest BCUT2D eigenvalue weighted by Gasteiger charge is 2.34. The summed E-state index contributed by atoms with van der Waals surface area (Å²) in [6.45, 7) is 0.984. The Morgan fingerprint density at radius 3 is 2.77 bits per heavy atom. The second-order valence-corrected chi connectivity index (χ2v) is 7.22. The van der Waals surface area contributed by atoms with Gasteiger partial charge < -0.3 is 4.74 Å². The third-order valence-electron chi connectivity index (χ3n) is 4.00. The molecular formula is C16H18N2O3S. The van der Waals surface area contributed by atoms with Crippen LogP contribution in [-0.4, -0.2) is 37.9 Å². The molecule has 22 heavy (non-hydrogen) atoms. The quantitative estimate of drug-likeness (QED) is 0.867. The van der Waals surface area contributed by atoms with E-state index in [9.17, 15) is 8.42 Å². The minimum Gasteiger partial charge on any atom is -0.496 e. The van der Waals surface area contributed by atoms with Crippen LogP contribution in [0.2, 0.25) is 0 Å². The van der Waals surface area contributed by atoms with Crippen molar-refractivity contribution in [3.8, 4) is 5.75 Å². The van der Waals surface area contributed by atoms with Crippen LogP contribution in [0.1, 0.15) is 17.9 Å². The number of benzene rings is 1. The molecule has 0 N–H and O–H groups in total. The lowest BCUT2D eigenvalue weighted by molar-refractivity contribution is 0.405. The van der Waals surface area contributed by atoms with Gasteiger partial charge in [-0.2, -0.15) is 4.31 Å². The molecule has 1 fully saturated rings. The van der Waals surface area contributed by atoms with Gasteiger partial charge in [-0.25, -0.2) is 8.42 Å². The van der Waals surface area contributed by atoms with Crippen molar-refractivity contribution in [2.24, 2.45) is 0 Å². The first kappa shape index (κ1) is 15.0. The Labute approximate surface area is 130 Å². The van der Waals surface area contributed by atoms with Crippen LogP contribution in [0.3, 0.4) is 0 Å². The van der Waals surface area contributed by atoms with Crippen LogP contribution >= 0.6 is 0 Å². The molecule has 2 aromatic rings. The molecule has 1 aliphatic heterocycles. The maximum absolute atomic E-state index is 12.6. The minimum atomic E-state index is -3.47. The maximum atomic E-state index is 12.6. The summed E-state index contributed by atoms with van der Waals surface area (Å²) in [6.07, 6.45) is 3.76. The van der Waals surface area contributed by atoms with Crippen molar-refractivity contribution in [2.45, 2.75) is 17.2 Å². The first-order valence-electron chi connectivity index (χ1n) is 7.16. The highest BCUT2D eigenvalue weighted by atomic mass is 32.2. The lowest BCUT2D eigenvalue weighted by Crippen LogP contribution is -2.28. The molecule has 1 aromatic carbocycles. The number of rotatable bonds is 4. The molecule has 116 valence electrons. The molecule has 0 spiro atoms. The predicted molar refractivity (Wildman–Crippen MR) is 83.3 cm³/mol. The normalized spacial score (nSPS) is 19.2. The van der Waals surface area contributed by atoms with Gasteiger partial charge in [0.15, 0.2) is 0 Å². The molecule has 0 radical (unpaired) electrons. The Bertz CT molecular complexity index is 747. The predicted octanol–water partition coefficient (Wildman–Crippen LogP) is 2.27. The number of hydrogen-bond acceptors (Lipinski definition) is 4. The van der Waals surface area contributed by atoms with E-state index < -0.39 is 10.0 Å². The molecule has 0 amide bonds. The molecule has 6 heteroatoms. The van der Waals surface area contributed by atoms with Crippen molar-refractivity contribution in [1.29, 1.82) is 0 Å². The number of sulfonamides is 1. The lowest BCUT2D eigenvalue weighted by Gasteiger charge is -2.17. The molecule has 0 unspecified atom stereocenters. The average molecular weight is 318 g/mol. The van der Waals surface area contributed by atoms with Gasteiger partial charge in [0.25, 0.3) is 0 Å². The minimum absolute atomic E-state index is 0.155. The van der Waals surface area contributed by atoms with Crippen LogP contribution in [0.4, 0.5) is 0 Å². The van der Waals surface area contributed by atoms with Gasteiger partial charge in [0.2, 0.25) is 10.0 Å². The van der Waals surface area contributed by atoms with E-state index in [0.29, 0.717) is 13.1 Å². The fourth-order valence-corrected chi connectivity index (χ4v) is 4.32. The number of aromatic nitrogens is 1. The molecule has 1 saturated heterocycles. The molecule has 5 nitrogen and oxygen atoms in total. The zero-order valence-electron chi connectivity index (χ0n) is 12.3. The summed E-state index contributed by atoms with van der Waals surface area (Å²) in [7, 11) is -1.83. The van der Waals surface area contributed by atoms with E-state index in [-0.39, 0.29) is 10.8 Å². The van der Waals surface area contributed by atoms with Crippen molar-refractivity contribution in [2.75, 3.05) is 20.2 Å². The summed E-state index contributed by atoms with van der Waals surface area (Å²) in [4.78, 5) is 4.15. The van der Waals surface area contributed by atoms with Crippen LogP contribution in [0, 0.1) is 0 Å². The third-order valence-corrected chi connectivity index (χ3v) is 5.85. The van der Waals surface area contributed by atoms with Gasteiger partial charge in [-0.05, 0) is 30.2 Å². The zero-order valence-corrected chi connectivity index (χ0v) is 13.2. The van der Waals surface area contributed by atoms with Crippen molar-refractivity contribution in [3.63, 3.8) is 0 Å². The molecule has 1 atom stereocenters. The molecule has 1 aliphatic rings. The van der Waals surface area contributed by atoms with Gasteiger partial charge in [0, 0.05) is 31.4 Å². The number of pyridine rings is 1. The first-order valence-corrected chi connectivity index (χ1v) is 8.60. The summed E-state index contributed by atoms with van der Waals surface area (Å²) in [5, 5.41) is 0. The van der Waals surface area contributed by atoms with Crippen LogP contribution < -0.4 is 4.74 Å². The fourth-order valence-electron chi connectivity index (χ4n) is 2.85. The first-order chi connectivity index (χ1) is 10.6. The number of methoxy groups -OCH3 is 1. The summed E-state index contributed by atoms with van der Waals surface area (Å²) in [5.41, 5.74) is 1.06. The van der Waals surface area contributed by atoms with E-state index in [0.717, 1.165) is 17.7 Å². The van der Waals surface area contributed by atoms with Gasteiger partial charge >= 0.3 is 0 Å². The largest absolute Gasteiger partial charge is 0.496 e. The van der Waals surface area contributed by atoms with Crippen LogP contribution in [-0.2, 0) is 10.0 Å². The second-order valence-electron chi connectivity index (χ2n) is 5.28. The molecule has 2 heterocycles. The number of ether oxygens (including phenoxy) is 1. The van der Waals surface area contributed by atoms with Crippen molar-refractivity contribution in [3.05, 3.63) is 54.4 Å². The second kappa shape index (κ2) is 6.06. The maximum Gasteiger partial charge on any atom is 0.244 e. The summed E-state index contributed by atoms with van der Waals surface area (Å²) >= 11 is 0. The monoisotopic (exact) mass is 318 g/mol. The van der Waals surface area contributed by atoms with E-state index in [1.165, 1.54) is 10.5 Å². The highest BCUT2D eigenvalue weighted by Crippen LogP contribution is 2.35. The highest BCUT2D eigenvalue weighted by molar-refractivity contribution is 7.89. The third kappa shape index (κ3) is 2.71. The number of hydrogen-bond donors (Lipinski definition) is 0. The summed E-state index contributed by atoms with van der Waals surface area (Å²) in [6, 6.07) is 11.0. The van der Waals surface area contributed by atoms with Crippen LogP contribution in [0.15, 0.2) is 53.7 Å². The smallest absolute Gasteiger partial charge is 0.244 e. The van der Waals surface area contributed by atoms with Crippen molar-refractivity contribution in [1.82, 2.24) is 9.29 Å². The zero-order chi connectivity index (χ0) is 15.6. The van der Waals surface area contributed by atoms with Gasteiger partial charge in [0.1, 0.15) is 10.6 Å². The van der Waals surface area contributed by atoms with Crippen molar-refractivity contribution < 1.29 is 13.2 Å². The fraction of sp³-hybridized carbons (Fsp3) is 0.312. The SMILES string of the molecule is COc1ccccc1[C@H]1CCN(S(=O)(=O)c2cccnc2)C1. The standard InChI is InChI=1S/C16H18N2O3S/c1-21-16-7-3-2-6-15(16)13-8-10-18(12-13)22(19,20)14-5-4-9-17-11-14/h2-7,9,11,13H,8,10,12H2,1H3/t13-/m0/s1. The molecule has 0 aliphatic carbocycles. The van der Waals surface area contributed by atoms with E-state index >= 15 is 0 Å². The van der Waals surface area contributed by atoms with Crippen molar-refractivity contribution >= 4 is 10.0 Å². The lowest BCUT2D eigenvalue weighted by atomic mass is 9.97. The average Bonchev–Trinajstić information content (AvgIpc) is 3.06. The topological polar surface area (TPSA) is 59.5 Å². The van der Waals surface area contributed by atoms with E-state index in [1.807, 2.05) is 24.3 Å². The Morgan fingerprint density at radius 1 is 1.23 bits per heavy atom. The molecular weight excluding hydrogens is 300 g/mol. The molecule has 1 aromatic heterocycles. The Balaban J connectivity index is 1.83. The van der Waals surface area contributed by atoms with E-state index in [1.54, 1.807) is 25.4 Å². The summed E-state index contributed by atoms with van der Waals surface area (Å²) < 4.78 is 32.2. The van der Waals surface area contributed by atoms with Crippen LogP contribution in [0.5, 0.6) is 5.75 Å². The summed E-state index contributed by atoms with van der Waals surface area (Å²) in [5.74, 6) is 0.968. The Hall–Kier alpha value is -1.92. The molecule has 0 saturated carbocycles. The van der Waals surface area contributed by atoms with Gasteiger partial charge in [-0.15, -0.1) is 0 Å². The van der Waals surface area contributed by atoms with Gasteiger partial charge in [-0.1, -0.05) is 18.2 Å². The van der Waals surface area contributed by atoms with Gasteiger partial charge in [-0.3, -0.25) is 4.98 Å². The van der Waals surface area contributed by atoms with E-state index in [4.69, 9.17) is 4.74 Å². The molecule has 0 bridgehead atoms. The Morgan fingerprint density at radius 2 is 2.05 bits per heavy atom. The Kier molecular flexibility index (Phi) is 4.13. The number of nitrogens with zero attached hydrogens (tertiary/aromatic N) is 2. The molecule has 3 rings (SSSR count). The van der Waals surface area contributed by atoms with E-state index in [2.05, 4.69) is 4.98 Å². The van der Waals surface area contributed by atoms with Gasteiger partial charge in [0.05, 0.1) is 7.11 Å². The number of para-hydroxylation sites is 1.